The van der Waals surface area contributed by atoms with E-state index in [2.05, 4.69) is 6.92 Å². The maximum atomic E-state index is 5.42. The van der Waals surface area contributed by atoms with Crippen molar-refractivity contribution in [2.45, 2.75) is 25.6 Å². The molecule has 0 aromatic rings. The standard InChI is InChI=1S/C5H9ClO/c1-4-5(7-4)2-3-6/h4-5H,2-3H2,1H3/t4-,5+/m0/s1. The molecule has 42 valence electrons. The zero-order valence-electron chi connectivity index (χ0n) is 4.36. The number of alkyl halides is 1. The van der Waals surface area contributed by atoms with Crippen molar-refractivity contribution < 1.29 is 4.74 Å². The van der Waals surface area contributed by atoms with Crippen LogP contribution in [0.1, 0.15) is 13.3 Å². The maximum absolute atomic E-state index is 5.42. The summed E-state index contributed by atoms with van der Waals surface area (Å²) in [6.45, 7) is 2.07. The van der Waals surface area contributed by atoms with E-state index in [4.69, 9.17) is 16.3 Å². The molecule has 1 aliphatic heterocycles. The van der Waals surface area contributed by atoms with Crippen molar-refractivity contribution in [3.63, 3.8) is 0 Å². The van der Waals surface area contributed by atoms with Gasteiger partial charge in [-0.25, -0.2) is 0 Å². The van der Waals surface area contributed by atoms with Crippen LogP contribution in [0, 0.1) is 0 Å². The lowest BCUT2D eigenvalue weighted by Crippen LogP contribution is -1.88. The summed E-state index contributed by atoms with van der Waals surface area (Å²) in [5.41, 5.74) is 0. The molecule has 1 fully saturated rings. The van der Waals surface area contributed by atoms with Crippen LogP contribution < -0.4 is 0 Å². The van der Waals surface area contributed by atoms with E-state index in [1.165, 1.54) is 0 Å². The molecule has 0 spiro atoms. The summed E-state index contributed by atoms with van der Waals surface area (Å²) in [6.07, 6.45) is 1.99. The van der Waals surface area contributed by atoms with Crippen molar-refractivity contribution in [2.24, 2.45) is 0 Å². The van der Waals surface area contributed by atoms with Gasteiger partial charge in [0.25, 0.3) is 0 Å². The molecular weight excluding hydrogens is 112 g/mol. The molecule has 0 bridgehead atoms. The Balaban J connectivity index is 1.98. The molecule has 0 N–H and O–H groups in total. The molecule has 0 aliphatic carbocycles. The summed E-state index contributed by atoms with van der Waals surface area (Å²) in [7, 11) is 0. The lowest BCUT2D eigenvalue weighted by molar-refractivity contribution is 0.375. The monoisotopic (exact) mass is 120 g/mol. The number of rotatable bonds is 2. The topological polar surface area (TPSA) is 12.5 Å². The summed E-state index contributed by atoms with van der Waals surface area (Å²) >= 11 is 5.42. The third-order valence-electron chi connectivity index (χ3n) is 1.23. The minimum Gasteiger partial charge on any atom is -0.370 e. The molecule has 1 heterocycles. The van der Waals surface area contributed by atoms with Crippen molar-refractivity contribution in [2.75, 3.05) is 5.88 Å². The minimum atomic E-state index is 0.484. The molecule has 1 rings (SSSR count). The van der Waals surface area contributed by atoms with Gasteiger partial charge in [0, 0.05) is 5.88 Å². The van der Waals surface area contributed by atoms with Crippen LogP contribution in [0.15, 0.2) is 0 Å². The zero-order chi connectivity index (χ0) is 5.28. The Labute approximate surface area is 48.6 Å². The molecule has 2 heteroatoms. The van der Waals surface area contributed by atoms with Crippen LogP contribution in [0.5, 0.6) is 0 Å². The minimum absolute atomic E-state index is 0.484. The highest BCUT2D eigenvalue weighted by Crippen LogP contribution is 2.24. The van der Waals surface area contributed by atoms with E-state index in [0.29, 0.717) is 12.2 Å². The number of halogens is 1. The van der Waals surface area contributed by atoms with Crippen LogP contribution in [-0.2, 0) is 4.74 Å². The molecule has 0 aromatic heterocycles. The smallest absolute Gasteiger partial charge is 0.0850 e. The molecule has 0 amide bonds. The van der Waals surface area contributed by atoms with Crippen LogP contribution >= 0.6 is 11.6 Å². The Morgan fingerprint density at radius 3 is 2.43 bits per heavy atom. The molecule has 0 saturated carbocycles. The van der Waals surface area contributed by atoms with Crippen LogP contribution in [-0.4, -0.2) is 18.1 Å². The molecule has 0 unspecified atom stereocenters. The average molecular weight is 121 g/mol. The second kappa shape index (κ2) is 2.01. The van der Waals surface area contributed by atoms with E-state index in [9.17, 15) is 0 Å². The molecule has 0 aromatic carbocycles. The Morgan fingerprint density at radius 1 is 1.71 bits per heavy atom. The fraction of sp³-hybridized carbons (Fsp3) is 1.00. The van der Waals surface area contributed by atoms with E-state index in [-0.39, 0.29) is 0 Å². The number of epoxide rings is 1. The van der Waals surface area contributed by atoms with Crippen molar-refractivity contribution in [1.82, 2.24) is 0 Å². The Bertz CT molecular complexity index is 65.1. The average Bonchev–Trinajstić information content (AvgIpc) is 2.22. The summed E-state index contributed by atoms with van der Waals surface area (Å²) in [5.74, 6) is 0.731. The quantitative estimate of drug-likeness (QED) is 0.397. The van der Waals surface area contributed by atoms with Crippen molar-refractivity contribution in [1.29, 1.82) is 0 Å². The predicted octanol–water partition coefficient (Wildman–Crippen LogP) is 1.40. The first-order chi connectivity index (χ1) is 3.34. The summed E-state index contributed by atoms with van der Waals surface area (Å²) in [4.78, 5) is 0. The molecule has 7 heavy (non-hydrogen) atoms. The molecule has 1 aliphatic rings. The van der Waals surface area contributed by atoms with Crippen LogP contribution in [0.4, 0.5) is 0 Å². The van der Waals surface area contributed by atoms with Gasteiger partial charge in [-0.05, 0) is 13.3 Å². The van der Waals surface area contributed by atoms with Gasteiger partial charge in [-0.15, -0.1) is 11.6 Å². The third-order valence-corrected chi connectivity index (χ3v) is 1.45. The number of hydrogen-bond acceptors (Lipinski definition) is 1. The first kappa shape index (κ1) is 5.39. The van der Waals surface area contributed by atoms with E-state index >= 15 is 0 Å². The van der Waals surface area contributed by atoms with Gasteiger partial charge in [0.05, 0.1) is 12.2 Å². The van der Waals surface area contributed by atoms with E-state index in [1.54, 1.807) is 0 Å². The fourth-order valence-corrected chi connectivity index (χ4v) is 0.856. The lowest BCUT2D eigenvalue weighted by atomic mass is 10.3. The number of ether oxygens (including phenoxy) is 1. The second-order valence-electron chi connectivity index (χ2n) is 1.86. The highest BCUT2D eigenvalue weighted by Gasteiger charge is 2.32. The summed E-state index contributed by atoms with van der Waals surface area (Å²) in [6, 6.07) is 0. The molecular formula is C5H9ClO. The van der Waals surface area contributed by atoms with Gasteiger partial charge in [0.15, 0.2) is 0 Å². The van der Waals surface area contributed by atoms with Crippen molar-refractivity contribution in [3.05, 3.63) is 0 Å². The van der Waals surface area contributed by atoms with Gasteiger partial charge in [-0.3, -0.25) is 0 Å². The van der Waals surface area contributed by atoms with E-state index in [1.807, 2.05) is 0 Å². The molecule has 0 radical (unpaired) electrons. The third kappa shape index (κ3) is 1.32. The van der Waals surface area contributed by atoms with Gasteiger partial charge in [-0.1, -0.05) is 0 Å². The van der Waals surface area contributed by atoms with Gasteiger partial charge in [0.2, 0.25) is 0 Å². The summed E-state index contributed by atoms with van der Waals surface area (Å²) in [5, 5.41) is 0. The fourth-order valence-electron chi connectivity index (χ4n) is 0.641. The van der Waals surface area contributed by atoms with Gasteiger partial charge < -0.3 is 4.74 Å². The maximum Gasteiger partial charge on any atom is 0.0850 e. The first-order valence-corrected chi connectivity index (χ1v) is 3.09. The predicted molar refractivity (Wildman–Crippen MR) is 29.7 cm³/mol. The first-order valence-electron chi connectivity index (χ1n) is 2.56. The SMILES string of the molecule is C[C@@H]1O[C@@H]1CCCl. The number of hydrogen-bond donors (Lipinski definition) is 0. The van der Waals surface area contributed by atoms with Crippen molar-refractivity contribution >= 4 is 11.6 Å². The Kier molecular flexibility index (Phi) is 1.55. The molecule has 2 atom stereocenters. The van der Waals surface area contributed by atoms with Crippen LogP contribution in [0.2, 0.25) is 0 Å². The van der Waals surface area contributed by atoms with Crippen LogP contribution in [0.25, 0.3) is 0 Å². The van der Waals surface area contributed by atoms with E-state index < -0.39 is 0 Å². The zero-order valence-corrected chi connectivity index (χ0v) is 5.11. The van der Waals surface area contributed by atoms with Gasteiger partial charge in [-0.2, -0.15) is 0 Å². The van der Waals surface area contributed by atoms with Crippen LogP contribution in [0.3, 0.4) is 0 Å². The molecule has 1 nitrogen and oxygen atoms in total. The van der Waals surface area contributed by atoms with Crippen molar-refractivity contribution in [3.8, 4) is 0 Å². The Hall–Kier alpha value is 0.250. The Morgan fingerprint density at radius 2 is 2.29 bits per heavy atom. The van der Waals surface area contributed by atoms with Gasteiger partial charge in [0.1, 0.15) is 0 Å². The second-order valence-corrected chi connectivity index (χ2v) is 2.24. The van der Waals surface area contributed by atoms with E-state index in [0.717, 1.165) is 12.3 Å². The lowest BCUT2D eigenvalue weighted by Gasteiger charge is -1.80. The normalized spacial score (nSPS) is 38.6. The largest absolute Gasteiger partial charge is 0.370 e. The van der Waals surface area contributed by atoms with Gasteiger partial charge >= 0.3 is 0 Å². The highest BCUT2D eigenvalue weighted by molar-refractivity contribution is 6.17. The molecule has 1 saturated heterocycles. The highest BCUT2D eigenvalue weighted by atomic mass is 35.5. The summed E-state index contributed by atoms with van der Waals surface area (Å²) < 4.78 is 5.07.